The van der Waals surface area contributed by atoms with Crippen molar-refractivity contribution in [2.45, 2.75) is 19.1 Å². The van der Waals surface area contributed by atoms with Gasteiger partial charge in [0.2, 0.25) is 15.9 Å². The molecule has 0 atom stereocenters. The first-order valence-electron chi connectivity index (χ1n) is 9.34. The van der Waals surface area contributed by atoms with Crippen molar-refractivity contribution >= 4 is 50.8 Å². The van der Waals surface area contributed by atoms with Crippen molar-refractivity contribution in [2.75, 3.05) is 29.4 Å². The number of nitrogens with zero attached hydrogens (tertiary/aromatic N) is 1. The highest BCUT2D eigenvalue weighted by Crippen LogP contribution is 2.19. The lowest BCUT2D eigenvalue weighted by Crippen LogP contribution is -2.40. The average Bonchev–Trinajstić information content (AvgIpc) is 2.69. The van der Waals surface area contributed by atoms with E-state index in [0.717, 1.165) is 28.5 Å². The van der Waals surface area contributed by atoms with Crippen LogP contribution in [0.25, 0.3) is 0 Å². The highest BCUT2D eigenvalue weighted by atomic mass is 35.5. The lowest BCUT2D eigenvalue weighted by molar-refractivity contribution is -0.119. The maximum atomic E-state index is 12.3. The second kappa shape index (κ2) is 11.4. The number of carbonyl (C=O) groups excluding carboxylic acids is 2. The van der Waals surface area contributed by atoms with Gasteiger partial charge in [-0.1, -0.05) is 35.9 Å². The normalized spacial score (nSPS) is 11.2. The predicted molar refractivity (Wildman–Crippen MR) is 124 cm³/mol. The number of ketones is 1. The summed E-state index contributed by atoms with van der Waals surface area (Å²) in [6.07, 6.45) is 1.80. The molecule has 0 aliphatic rings. The third kappa shape index (κ3) is 8.01. The molecule has 9 heteroatoms. The van der Waals surface area contributed by atoms with Gasteiger partial charge in [-0.3, -0.25) is 13.9 Å². The zero-order valence-electron chi connectivity index (χ0n) is 16.9. The number of halogens is 1. The molecule has 0 fully saturated rings. The number of nitrogens with one attached hydrogen (secondary N) is 1. The molecular formula is C21H25ClN2O4S2. The Hall–Kier alpha value is -2.03. The van der Waals surface area contributed by atoms with E-state index in [1.165, 1.54) is 18.6 Å². The van der Waals surface area contributed by atoms with Crippen LogP contribution >= 0.6 is 23.4 Å². The molecule has 0 spiro atoms. The standard InChI is InChI=1S/C21H25ClN2O4S2/c1-16(25)18-5-3-6-20(13-18)24(30(2,27)28)14-21(26)23-11-4-12-29-15-17-7-9-19(22)10-8-17/h3,5-10,13H,4,11-12,14-15H2,1-2H3,(H,23,26). The summed E-state index contributed by atoms with van der Waals surface area (Å²) >= 11 is 7.62. The Morgan fingerprint density at radius 3 is 2.47 bits per heavy atom. The van der Waals surface area contributed by atoms with Crippen LogP contribution in [-0.2, 0) is 20.6 Å². The van der Waals surface area contributed by atoms with E-state index in [2.05, 4.69) is 5.32 Å². The van der Waals surface area contributed by atoms with Gasteiger partial charge in [-0.2, -0.15) is 11.8 Å². The number of Topliss-reactive ketones (excluding diaryl/α,β-unsaturated/α-hetero) is 1. The van der Waals surface area contributed by atoms with Crippen molar-refractivity contribution in [3.8, 4) is 0 Å². The Morgan fingerprint density at radius 1 is 1.13 bits per heavy atom. The van der Waals surface area contributed by atoms with Crippen molar-refractivity contribution in [2.24, 2.45) is 0 Å². The van der Waals surface area contributed by atoms with Gasteiger partial charge in [0.1, 0.15) is 6.54 Å². The van der Waals surface area contributed by atoms with E-state index in [4.69, 9.17) is 11.6 Å². The summed E-state index contributed by atoms with van der Waals surface area (Å²) in [7, 11) is -3.68. The van der Waals surface area contributed by atoms with Crippen molar-refractivity contribution in [1.29, 1.82) is 0 Å². The molecule has 0 radical (unpaired) electrons. The maximum absolute atomic E-state index is 12.3. The van der Waals surface area contributed by atoms with Crippen LogP contribution in [0.1, 0.15) is 29.3 Å². The Morgan fingerprint density at radius 2 is 1.83 bits per heavy atom. The van der Waals surface area contributed by atoms with Crippen LogP contribution in [-0.4, -0.2) is 45.2 Å². The summed E-state index contributed by atoms with van der Waals surface area (Å²) in [5.74, 6) is 1.15. The summed E-state index contributed by atoms with van der Waals surface area (Å²) in [5.41, 5.74) is 1.86. The number of benzene rings is 2. The van der Waals surface area contributed by atoms with E-state index in [-0.39, 0.29) is 12.3 Å². The van der Waals surface area contributed by atoms with E-state index in [1.807, 2.05) is 24.3 Å². The number of hydrogen-bond donors (Lipinski definition) is 1. The topological polar surface area (TPSA) is 83.6 Å². The van der Waals surface area contributed by atoms with Crippen molar-refractivity contribution in [3.63, 3.8) is 0 Å². The van der Waals surface area contributed by atoms with E-state index < -0.39 is 15.9 Å². The lowest BCUT2D eigenvalue weighted by Gasteiger charge is -2.22. The lowest BCUT2D eigenvalue weighted by atomic mass is 10.1. The fraction of sp³-hybridized carbons (Fsp3) is 0.333. The van der Waals surface area contributed by atoms with Gasteiger partial charge in [0, 0.05) is 22.9 Å². The minimum absolute atomic E-state index is 0.175. The summed E-state index contributed by atoms with van der Waals surface area (Å²) in [4.78, 5) is 23.8. The smallest absolute Gasteiger partial charge is 0.240 e. The highest BCUT2D eigenvalue weighted by molar-refractivity contribution is 7.98. The fourth-order valence-electron chi connectivity index (χ4n) is 2.64. The maximum Gasteiger partial charge on any atom is 0.240 e. The molecule has 1 amide bonds. The van der Waals surface area contributed by atoms with Crippen LogP contribution in [0.15, 0.2) is 48.5 Å². The minimum Gasteiger partial charge on any atom is -0.354 e. The molecule has 162 valence electrons. The molecule has 0 heterocycles. The molecule has 0 unspecified atom stereocenters. The van der Waals surface area contributed by atoms with E-state index in [0.29, 0.717) is 22.8 Å². The molecule has 30 heavy (non-hydrogen) atoms. The fourth-order valence-corrected chi connectivity index (χ4v) is 4.53. The molecule has 0 bridgehead atoms. The minimum atomic E-state index is -3.68. The first kappa shape index (κ1) is 24.2. The molecule has 0 saturated heterocycles. The number of hydrogen-bond acceptors (Lipinski definition) is 5. The molecule has 0 aliphatic carbocycles. The molecule has 6 nitrogen and oxygen atoms in total. The molecule has 1 N–H and O–H groups in total. The van der Waals surface area contributed by atoms with Crippen LogP contribution in [0.4, 0.5) is 5.69 Å². The quantitative estimate of drug-likeness (QED) is 0.401. The highest BCUT2D eigenvalue weighted by Gasteiger charge is 2.21. The van der Waals surface area contributed by atoms with Crippen molar-refractivity contribution in [1.82, 2.24) is 5.32 Å². The van der Waals surface area contributed by atoms with Gasteiger partial charge in [0.15, 0.2) is 5.78 Å². The Bertz CT molecular complexity index is 979. The van der Waals surface area contributed by atoms with Crippen LogP contribution in [0.2, 0.25) is 5.02 Å². The number of thioether (sulfide) groups is 1. The second-order valence-corrected chi connectivity index (χ2v) is 10.2. The first-order chi connectivity index (χ1) is 14.2. The van der Waals surface area contributed by atoms with Crippen LogP contribution < -0.4 is 9.62 Å². The van der Waals surface area contributed by atoms with Crippen LogP contribution in [0.3, 0.4) is 0 Å². The van der Waals surface area contributed by atoms with Gasteiger partial charge >= 0.3 is 0 Å². The molecule has 2 rings (SSSR count). The third-order valence-electron chi connectivity index (χ3n) is 4.20. The van der Waals surface area contributed by atoms with Gasteiger partial charge in [0.25, 0.3) is 0 Å². The van der Waals surface area contributed by atoms with Crippen molar-refractivity contribution < 1.29 is 18.0 Å². The molecule has 2 aromatic carbocycles. The van der Waals surface area contributed by atoms with E-state index >= 15 is 0 Å². The summed E-state index contributed by atoms with van der Waals surface area (Å²) < 4.78 is 25.3. The third-order valence-corrected chi connectivity index (χ3v) is 6.71. The number of anilines is 1. The summed E-state index contributed by atoms with van der Waals surface area (Å²) in [6, 6.07) is 13.9. The van der Waals surface area contributed by atoms with Gasteiger partial charge in [0.05, 0.1) is 11.9 Å². The predicted octanol–water partition coefficient (Wildman–Crippen LogP) is 3.75. The van der Waals surface area contributed by atoms with E-state index in [1.54, 1.807) is 30.0 Å². The zero-order valence-corrected chi connectivity index (χ0v) is 19.3. The van der Waals surface area contributed by atoms with Crippen LogP contribution in [0, 0.1) is 0 Å². The number of carbonyl (C=O) groups is 2. The molecule has 0 aliphatic heterocycles. The van der Waals surface area contributed by atoms with Gasteiger partial charge in [-0.25, -0.2) is 8.42 Å². The Labute approximate surface area is 187 Å². The zero-order chi connectivity index (χ0) is 22.1. The number of amides is 1. The van der Waals surface area contributed by atoms with Crippen LogP contribution in [0.5, 0.6) is 0 Å². The average molecular weight is 469 g/mol. The Kier molecular flexibility index (Phi) is 9.20. The Balaban J connectivity index is 1.81. The first-order valence-corrected chi connectivity index (χ1v) is 12.7. The van der Waals surface area contributed by atoms with Gasteiger partial charge in [-0.15, -0.1) is 0 Å². The monoisotopic (exact) mass is 468 g/mol. The summed E-state index contributed by atoms with van der Waals surface area (Å²) in [5, 5.41) is 3.47. The summed E-state index contributed by atoms with van der Waals surface area (Å²) in [6.45, 7) is 1.53. The molecule has 0 saturated carbocycles. The number of rotatable bonds is 11. The van der Waals surface area contributed by atoms with E-state index in [9.17, 15) is 18.0 Å². The van der Waals surface area contributed by atoms with Gasteiger partial charge < -0.3 is 5.32 Å². The molecule has 0 aromatic heterocycles. The molecular weight excluding hydrogens is 444 g/mol. The van der Waals surface area contributed by atoms with Gasteiger partial charge in [-0.05, 0) is 48.9 Å². The largest absolute Gasteiger partial charge is 0.354 e. The molecule has 2 aromatic rings. The SMILES string of the molecule is CC(=O)c1cccc(N(CC(=O)NCCCSCc2ccc(Cl)cc2)S(C)(=O)=O)c1. The van der Waals surface area contributed by atoms with Crippen molar-refractivity contribution in [3.05, 3.63) is 64.7 Å². The second-order valence-electron chi connectivity index (χ2n) is 6.76. The number of sulfonamides is 1.